The van der Waals surface area contributed by atoms with Gasteiger partial charge >= 0.3 is 11.9 Å². The van der Waals surface area contributed by atoms with Gasteiger partial charge in [0.25, 0.3) is 5.78 Å². The molecule has 1 saturated heterocycles. The highest BCUT2D eigenvalue weighted by molar-refractivity contribution is 7.17. The fourth-order valence-corrected chi connectivity index (χ4v) is 5.70. The van der Waals surface area contributed by atoms with Crippen LogP contribution in [0, 0.1) is 6.92 Å². The third-order valence-corrected chi connectivity index (χ3v) is 7.70. The molecular weight excluding hydrogens is 564 g/mol. The minimum absolute atomic E-state index is 0.0890. The second-order valence-electron chi connectivity index (χ2n) is 9.17. The number of hydrogen-bond donors (Lipinski definition) is 1. The number of benzene rings is 2. The molecule has 3 aromatic rings. The number of carbonyl (C=O) groups excluding carboxylic acids is 3. The summed E-state index contributed by atoms with van der Waals surface area (Å²) in [5, 5.41) is 11.7. The number of esters is 1. The molecule has 1 fully saturated rings. The maximum absolute atomic E-state index is 13.6. The summed E-state index contributed by atoms with van der Waals surface area (Å²) in [5.41, 5.74) is 0.850. The Morgan fingerprint density at radius 1 is 1.14 bits per heavy atom. The molecule has 1 N–H and O–H groups in total. The zero-order valence-corrected chi connectivity index (χ0v) is 24.0. The molecule has 42 heavy (non-hydrogen) atoms. The highest BCUT2D eigenvalue weighted by Crippen LogP contribution is 2.46. The standard InChI is InChI=1S/C30H28N2O9S/c1-5-11-39-19-9-7-17(14-21(19)38-6-2)24-23(25(33)18-8-10-20-22(15-18)41-13-12-40-20)26(34)28(35)32(24)30-31-16(3)27(42-30)29(36)37-4/h5,7-10,14-15,24,33H,1,6,11-13H2,2-4H3. The Kier molecular flexibility index (Phi) is 8.16. The van der Waals surface area contributed by atoms with Crippen molar-refractivity contribution >= 4 is 39.9 Å². The molecule has 0 radical (unpaired) electrons. The van der Waals surface area contributed by atoms with E-state index >= 15 is 0 Å². The van der Waals surface area contributed by atoms with Crippen LogP contribution >= 0.6 is 11.3 Å². The van der Waals surface area contributed by atoms with E-state index < -0.39 is 29.5 Å². The van der Waals surface area contributed by atoms with E-state index in [-0.39, 0.29) is 27.8 Å². The molecule has 11 nitrogen and oxygen atoms in total. The van der Waals surface area contributed by atoms with Crippen molar-refractivity contribution in [1.82, 2.24) is 4.98 Å². The second-order valence-corrected chi connectivity index (χ2v) is 10.1. The number of hydrogen-bond acceptors (Lipinski definition) is 11. The van der Waals surface area contributed by atoms with E-state index in [1.807, 2.05) is 6.92 Å². The van der Waals surface area contributed by atoms with Crippen LogP contribution < -0.4 is 23.8 Å². The van der Waals surface area contributed by atoms with Crippen LogP contribution in [0.25, 0.3) is 5.76 Å². The van der Waals surface area contributed by atoms with E-state index in [2.05, 4.69) is 11.6 Å². The minimum atomic E-state index is -1.12. The lowest BCUT2D eigenvalue weighted by atomic mass is 9.95. The monoisotopic (exact) mass is 592 g/mol. The molecule has 0 saturated carbocycles. The van der Waals surface area contributed by atoms with Crippen molar-refractivity contribution in [2.75, 3.05) is 38.4 Å². The molecule has 1 aromatic heterocycles. The minimum Gasteiger partial charge on any atom is -0.507 e. The number of fused-ring (bicyclic) bond motifs is 1. The Morgan fingerprint density at radius 2 is 1.90 bits per heavy atom. The Hall–Kier alpha value is -4.84. The zero-order valence-electron chi connectivity index (χ0n) is 23.2. The number of nitrogens with zero attached hydrogens (tertiary/aromatic N) is 2. The Bertz CT molecular complexity index is 1610. The highest BCUT2D eigenvalue weighted by Gasteiger charge is 2.48. The largest absolute Gasteiger partial charge is 0.507 e. The molecule has 12 heteroatoms. The van der Waals surface area contributed by atoms with Crippen molar-refractivity contribution in [2.24, 2.45) is 0 Å². The number of ether oxygens (including phenoxy) is 5. The van der Waals surface area contributed by atoms with Gasteiger partial charge in [0.1, 0.15) is 30.5 Å². The average Bonchev–Trinajstić information content (AvgIpc) is 3.51. The number of thiazole rings is 1. The number of rotatable bonds is 9. The first kappa shape index (κ1) is 28.7. The first-order valence-electron chi connectivity index (χ1n) is 13.1. The number of aryl methyl sites for hydroxylation is 1. The first-order chi connectivity index (χ1) is 20.3. The fraction of sp³-hybridized carbons (Fsp3) is 0.267. The van der Waals surface area contributed by atoms with E-state index in [0.717, 1.165) is 11.3 Å². The van der Waals surface area contributed by atoms with Crippen LogP contribution in [0.5, 0.6) is 23.0 Å². The fourth-order valence-electron chi connectivity index (χ4n) is 4.69. The van der Waals surface area contributed by atoms with Gasteiger partial charge < -0.3 is 28.8 Å². The van der Waals surface area contributed by atoms with Gasteiger partial charge in [-0.3, -0.25) is 14.5 Å². The number of ketones is 1. The molecule has 2 aliphatic heterocycles. The number of anilines is 1. The summed E-state index contributed by atoms with van der Waals surface area (Å²) in [5.74, 6) is -1.18. The molecule has 3 heterocycles. The predicted molar refractivity (Wildman–Crippen MR) is 154 cm³/mol. The Balaban J connectivity index is 1.70. The average molecular weight is 593 g/mol. The van der Waals surface area contributed by atoms with Crippen molar-refractivity contribution in [3.8, 4) is 23.0 Å². The van der Waals surface area contributed by atoms with E-state index in [1.165, 1.54) is 12.0 Å². The predicted octanol–water partition coefficient (Wildman–Crippen LogP) is 4.60. The zero-order chi connectivity index (χ0) is 30.0. The van der Waals surface area contributed by atoms with Crippen molar-refractivity contribution in [2.45, 2.75) is 19.9 Å². The number of amides is 1. The molecule has 0 aliphatic carbocycles. The lowest BCUT2D eigenvalue weighted by molar-refractivity contribution is -0.132. The second kappa shape index (κ2) is 12.0. The summed E-state index contributed by atoms with van der Waals surface area (Å²) >= 11 is 0.910. The van der Waals surface area contributed by atoms with Crippen LogP contribution in [0.15, 0.2) is 54.6 Å². The summed E-state index contributed by atoms with van der Waals surface area (Å²) in [7, 11) is 1.24. The third-order valence-electron chi connectivity index (χ3n) is 6.56. The normalized spacial score (nSPS) is 17.2. The molecule has 0 bridgehead atoms. The maximum Gasteiger partial charge on any atom is 0.350 e. The highest BCUT2D eigenvalue weighted by atomic mass is 32.1. The van der Waals surface area contributed by atoms with Crippen molar-refractivity contribution in [3.63, 3.8) is 0 Å². The molecular formula is C30H28N2O9S. The molecule has 2 aliphatic rings. The summed E-state index contributed by atoms with van der Waals surface area (Å²) in [6.07, 6.45) is 1.59. The van der Waals surface area contributed by atoms with Gasteiger partial charge in [0.2, 0.25) is 0 Å². The third kappa shape index (κ3) is 5.16. The van der Waals surface area contributed by atoms with Crippen LogP contribution in [0.3, 0.4) is 0 Å². The van der Waals surface area contributed by atoms with Crippen molar-refractivity contribution in [1.29, 1.82) is 0 Å². The van der Waals surface area contributed by atoms with E-state index in [0.29, 0.717) is 54.1 Å². The first-order valence-corrected chi connectivity index (χ1v) is 13.9. The van der Waals surface area contributed by atoms with Crippen LogP contribution in [0.2, 0.25) is 0 Å². The van der Waals surface area contributed by atoms with E-state index in [1.54, 1.807) is 49.4 Å². The SMILES string of the molecule is C=CCOc1ccc(C2C(=C(O)c3ccc4c(c3)OCCO4)C(=O)C(=O)N2c2nc(C)c(C(=O)OC)s2)cc1OCC. The van der Waals surface area contributed by atoms with Gasteiger partial charge in [-0.2, -0.15) is 0 Å². The van der Waals surface area contributed by atoms with Gasteiger partial charge in [-0.05, 0) is 49.7 Å². The van der Waals surface area contributed by atoms with Gasteiger partial charge in [-0.25, -0.2) is 9.78 Å². The quantitative estimate of drug-likeness (QED) is 0.124. The summed E-state index contributed by atoms with van der Waals surface area (Å²) in [6, 6.07) is 8.60. The van der Waals surface area contributed by atoms with E-state index in [9.17, 15) is 19.5 Å². The number of aliphatic hydroxyl groups excluding tert-OH is 1. The van der Waals surface area contributed by atoms with Gasteiger partial charge in [0, 0.05) is 5.56 Å². The van der Waals surface area contributed by atoms with Gasteiger partial charge in [-0.1, -0.05) is 30.1 Å². The number of methoxy groups -OCH3 is 1. The summed E-state index contributed by atoms with van der Waals surface area (Å²) in [4.78, 5) is 45.4. The van der Waals surface area contributed by atoms with Gasteiger partial charge in [0.15, 0.2) is 28.1 Å². The lowest BCUT2D eigenvalue weighted by Crippen LogP contribution is -2.29. The molecule has 1 atom stereocenters. The van der Waals surface area contributed by atoms with Crippen LogP contribution in [-0.2, 0) is 14.3 Å². The molecule has 0 spiro atoms. The van der Waals surface area contributed by atoms with Crippen LogP contribution in [0.4, 0.5) is 5.13 Å². The number of Topliss-reactive ketones (excluding diaryl/α,β-unsaturated/α-hetero) is 1. The summed E-state index contributed by atoms with van der Waals surface area (Å²) < 4.78 is 27.6. The van der Waals surface area contributed by atoms with Crippen LogP contribution in [0.1, 0.15) is 39.5 Å². The molecule has 218 valence electrons. The maximum atomic E-state index is 13.6. The Morgan fingerprint density at radius 3 is 2.62 bits per heavy atom. The number of carbonyl (C=O) groups is 3. The number of aliphatic hydroxyl groups is 1. The molecule has 5 rings (SSSR count). The molecule has 1 unspecified atom stereocenters. The van der Waals surface area contributed by atoms with Gasteiger partial charge in [-0.15, -0.1) is 0 Å². The number of aromatic nitrogens is 1. The van der Waals surface area contributed by atoms with Crippen LogP contribution in [-0.4, -0.2) is 61.3 Å². The topological polar surface area (TPSA) is 134 Å². The van der Waals surface area contributed by atoms with E-state index in [4.69, 9.17) is 23.7 Å². The summed E-state index contributed by atoms with van der Waals surface area (Å²) in [6.45, 7) is 8.35. The Labute approximate surface area is 245 Å². The van der Waals surface area contributed by atoms with Gasteiger partial charge in [0.05, 0.1) is 31.0 Å². The molecule has 2 aromatic carbocycles. The van der Waals surface area contributed by atoms with Crippen molar-refractivity contribution < 1.29 is 43.2 Å². The molecule has 1 amide bonds. The lowest BCUT2D eigenvalue weighted by Gasteiger charge is -2.24. The van der Waals surface area contributed by atoms with Crippen molar-refractivity contribution in [3.05, 3.63) is 76.3 Å². The smallest absolute Gasteiger partial charge is 0.350 e.